The number of carbonyl (C=O) groups excluding carboxylic acids is 1. The van der Waals surface area contributed by atoms with Gasteiger partial charge in [0, 0.05) is 0 Å². The van der Waals surface area contributed by atoms with Crippen LogP contribution in [0.4, 0.5) is 0 Å². The van der Waals surface area contributed by atoms with Gasteiger partial charge in [-0.25, -0.2) is 4.18 Å². The Morgan fingerprint density at radius 3 is 1.33 bits per heavy atom. The second-order valence-corrected chi connectivity index (χ2v) is 18.6. The van der Waals surface area contributed by atoms with Gasteiger partial charge >= 0.3 is 10.4 Å². The minimum absolute atomic E-state index is 0.266. The summed E-state index contributed by atoms with van der Waals surface area (Å²) in [7, 11) is -5.10. The monoisotopic (exact) mass is 882 g/mol. The molecule has 0 aromatic carbocycles. The van der Waals surface area contributed by atoms with Gasteiger partial charge in [0.1, 0.15) is 30.5 Å². The molecule has 14 heteroatoms. The van der Waals surface area contributed by atoms with E-state index in [2.05, 4.69) is 23.3 Å². The molecule has 1 fully saturated rings. The summed E-state index contributed by atoms with van der Waals surface area (Å²) >= 11 is 0. The van der Waals surface area contributed by atoms with Crippen LogP contribution >= 0.6 is 0 Å². The van der Waals surface area contributed by atoms with Crippen LogP contribution in [0.1, 0.15) is 226 Å². The lowest BCUT2D eigenvalue weighted by Crippen LogP contribution is -2.61. The predicted octanol–water partition coefficient (Wildman–Crippen LogP) is 8.75. The van der Waals surface area contributed by atoms with Crippen LogP contribution in [0, 0.1) is 0 Å². The van der Waals surface area contributed by atoms with Crippen LogP contribution in [0.5, 0.6) is 0 Å². The summed E-state index contributed by atoms with van der Waals surface area (Å²) in [5, 5.41) is 55.3. The zero-order valence-electron chi connectivity index (χ0n) is 37.9. The Bertz CT molecular complexity index is 1100. The highest BCUT2D eigenvalue weighted by atomic mass is 32.3. The smallest absolute Gasteiger partial charge is 0.394 e. The lowest BCUT2D eigenvalue weighted by atomic mass is 9.99. The average molecular weight is 882 g/mol. The van der Waals surface area contributed by atoms with Crippen LogP contribution in [-0.2, 0) is 28.9 Å². The van der Waals surface area contributed by atoms with Gasteiger partial charge in [0.05, 0.1) is 25.4 Å². The second-order valence-electron chi connectivity index (χ2n) is 17.6. The summed E-state index contributed by atoms with van der Waals surface area (Å²) in [5.41, 5.74) is 0. The summed E-state index contributed by atoms with van der Waals surface area (Å²) in [5.74, 6) is -0.667. The van der Waals surface area contributed by atoms with Crippen LogP contribution in [0.2, 0.25) is 0 Å². The fourth-order valence-corrected chi connectivity index (χ4v) is 8.62. The van der Waals surface area contributed by atoms with Crippen molar-refractivity contribution in [3.63, 3.8) is 0 Å². The van der Waals surface area contributed by atoms with Crippen LogP contribution in [-0.4, -0.2) is 107 Å². The van der Waals surface area contributed by atoms with Crippen LogP contribution in [0.25, 0.3) is 0 Å². The molecule has 0 spiro atoms. The van der Waals surface area contributed by atoms with Crippen LogP contribution in [0.3, 0.4) is 0 Å². The third kappa shape index (κ3) is 29.4. The van der Waals surface area contributed by atoms with Gasteiger partial charge in [-0.1, -0.05) is 213 Å². The van der Waals surface area contributed by atoms with Crippen molar-refractivity contribution in [2.45, 2.75) is 275 Å². The van der Waals surface area contributed by atoms with Crippen molar-refractivity contribution in [2.75, 3.05) is 13.2 Å². The SMILES string of the molecule is CCCCCCCCCCCCCCCCCCCCCCCCC(O)C(=O)NC(COC1OC(CO)C(O)C(OS(=O)(=O)O)C1O)C(O)CCCCCCCCCCC. The molecule has 7 N–H and O–H groups in total. The molecule has 1 heterocycles. The number of ether oxygens (including phenoxy) is 2. The minimum Gasteiger partial charge on any atom is -0.394 e. The molecule has 8 atom stereocenters. The van der Waals surface area contributed by atoms with Gasteiger partial charge in [0.2, 0.25) is 5.91 Å². The van der Waals surface area contributed by atoms with Crippen LogP contribution < -0.4 is 5.32 Å². The fraction of sp³-hybridized carbons (Fsp3) is 0.978. The van der Waals surface area contributed by atoms with E-state index >= 15 is 0 Å². The van der Waals surface area contributed by atoms with Gasteiger partial charge in [0.15, 0.2) is 6.29 Å². The van der Waals surface area contributed by atoms with E-state index in [1.807, 2.05) is 0 Å². The summed E-state index contributed by atoms with van der Waals surface area (Å²) in [6.45, 7) is 3.26. The molecule has 1 amide bonds. The lowest BCUT2D eigenvalue weighted by molar-refractivity contribution is -0.298. The van der Waals surface area contributed by atoms with Gasteiger partial charge in [-0.2, -0.15) is 8.42 Å². The van der Waals surface area contributed by atoms with E-state index in [1.54, 1.807) is 0 Å². The topological polar surface area (TPSA) is 212 Å². The minimum atomic E-state index is -5.10. The van der Waals surface area contributed by atoms with E-state index in [1.165, 1.54) is 148 Å². The Morgan fingerprint density at radius 1 is 0.600 bits per heavy atom. The third-order valence-corrected chi connectivity index (χ3v) is 12.5. The first-order valence-electron chi connectivity index (χ1n) is 24.5. The summed E-state index contributed by atoms with van der Waals surface area (Å²) in [6.07, 6.45) is 27.4. The molecule has 1 saturated heterocycles. The zero-order chi connectivity index (χ0) is 44.3. The molecule has 1 rings (SSSR count). The molecular weight excluding hydrogens is 791 g/mol. The Balaban J connectivity index is 2.39. The molecule has 0 bridgehead atoms. The second kappa shape index (κ2) is 37.4. The largest absolute Gasteiger partial charge is 0.397 e. The van der Waals surface area contributed by atoms with Crippen molar-refractivity contribution in [1.29, 1.82) is 0 Å². The van der Waals surface area contributed by atoms with E-state index in [4.69, 9.17) is 14.0 Å². The molecule has 13 nitrogen and oxygen atoms in total. The zero-order valence-corrected chi connectivity index (χ0v) is 38.7. The molecule has 0 aromatic heterocycles. The normalized spacial score (nSPS) is 21.2. The summed E-state index contributed by atoms with van der Waals surface area (Å²) in [6, 6.07) is -1.03. The molecule has 0 saturated carbocycles. The maximum atomic E-state index is 13.1. The molecule has 60 heavy (non-hydrogen) atoms. The van der Waals surface area contributed by atoms with E-state index in [-0.39, 0.29) is 6.42 Å². The number of carbonyl (C=O) groups is 1. The van der Waals surface area contributed by atoms with Crippen LogP contribution in [0.15, 0.2) is 0 Å². The first-order valence-corrected chi connectivity index (χ1v) is 25.9. The molecule has 1 aliphatic heterocycles. The predicted molar refractivity (Wildman–Crippen MR) is 238 cm³/mol. The van der Waals surface area contributed by atoms with Crippen molar-refractivity contribution in [1.82, 2.24) is 5.32 Å². The molecule has 8 unspecified atom stereocenters. The van der Waals surface area contributed by atoms with Gasteiger partial charge in [-0.3, -0.25) is 9.35 Å². The van der Waals surface area contributed by atoms with Crippen molar-refractivity contribution in [3.8, 4) is 0 Å². The molecule has 0 aliphatic carbocycles. The molecular formula is C46H91NO12S. The van der Waals surface area contributed by atoms with Gasteiger partial charge in [-0.15, -0.1) is 0 Å². The number of hydrogen-bond acceptors (Lipinski definition) is 11. The summed E-state index contributed by atoms with van der Waals surface area (Å²) < 4.78 is 47.5. The van der Waals surface area contributed by atoms with E-state index < -0.39 is 78.5 Å². The Hall–Kier alpha value is -0.940. The van der Waals surface area contributed by atoms with Crippen molar-refractivity contribution in [3.05, 3.63) is 0 Å². The standard InChI is InChI=1S/C46H91NO12S/c1-3-5-7-9-11-13-14-15-16-17-18-19-20-21-22-23-24-25-27-29-31-33-35-40(50)45(53)47-38(39(49)34-32-30-28-26-12-10-8-6-4-2)37-57-46-43(52)44(59-60(54,55)56)42(51)41(36-48)58-46/h38-44,46,48-52H,3-37H2,1-2H3,(H,47,53)(H,54,55,56). The average Bonchev–Trinajstić information content (AvgIpc) is 3.22. The highest BCUT2D eigenvalue weighted by Gasteiger charge is 2.48. The van der Waals surface area contributed by atoms with Crippen molar-refractivity contribution < 1.29 is 57.0 Å². The van der Waals surface area contributed by atoms with Crippen molar-refractivity contribution in [2.24, 2.45) is 0 Å². The maximum Gasteiger partial charge on any atom is 0.397 e. The highest BCUT2D eigenvalue weighted by molar-refractivity contribution is 7.80. The maximum absolute atomic E-state index is 13.1. The Kier molecular flexibility index (Phi) is 35.6. The molecule has 0 aromatic rings. The van der Waals surface area contributed by atoms with E-state index in [0.717, 1.165) is 38.5 Å². The number of unbranched alkanes of at least 4 members (excludes halogenated alkanes) is 29. The molecule has 1 aliphatic rings. The first kappa shape index (κ1) is 57.1. The lowest BCUT2D eigenvalue weighted by Gasteiger charge is -2.41. The van der Waals surface area contributed by atoms with Gasteiger partial charge in [-0.05, 0) is 12.8 Å². The molecule has 358 valence electrons. The molecule has 0 radical (unpaired) electrons. The highest BCUT2D eigenvalue weighted by Crippen LogP contribution is 2.26. The number of amides is 1. The summed E-state index contributed by atoms with van der Waals surface area (Å²) in [4.78, 5) is 13.1. The van der Waals surface area contributed by atoms with Gasteiger partial charge < -0.3 is 40.3 Å². The third-order valence-electron chi connectivity index (χ3n) is 12.0. The first-order chi connectivity index (χ1) is 28.9. The van der Waals surface area contributed by atoms with Crippen molar-refractivity contribution >= 4 is 16.3 Å². The van der Waals surface area contributed by atoms with E-state index in [9.17, 15) is 38.7 Å². The number of rotatable bonds is 42. The fourth-order valence-electron chi connectivity index (χ4n) is 8.11. The quantitative estimate of drug-likeness (QED) is 0.0227. The number of nitrogens with one attached hydrogen (secondary N) is 1. The number of aliphatic hydroxyl groups excluding tert-OH is 5. The number of aliphatic hydroxyl groups is 5. The van der Waals surface area contributed by atoms with Gasteiger partial charge in [0.25, 0.3) is 0 Å². The van der Waals surface area contributed by atoms with E-state index in [0.29, 0.717) is 19.3 Å². The Morgan fingerprint density at radius 2 is 0.967 bits per heavy atom. The Labute approximate surface area is 365 Å². The number of hydrogen-bond donors (Lipinski definition) is 7.